The second-order valence-corrected chi connectivity index (χ2v) is 6.32. The van der Waals surface area contributed by atoms with E-state index in [0.717, 1.165) is 11.3 Å². The Labute approximate surface area is 132 Å². The summed E-state index contributed by atoms with van der Waals surface area (Å²) in [5.74, 6) is 0.524. The topological polar surface area (TPSA) is 42.0 Å². The summed E-state index contributed by atoms with van der Waals surface area (Å²) >= 11 is 7.71. The molecule has 1 aliphatic rings. The number of carbonyl (C=O) groups excluding carboxylic acids is 1. The first-order valence-corrected chi connectivity index (χ1v) is 8.13. The van der Waals surface area contributed by atoms with Crippen LogP contribution >= 0.6 is 22.9 Å². The Morgan fingerprint density at radius 1 is 1.43 bits per heavy atom. The van der Waals surface area contributed by atoms with Crippen LogP contribution in [0.2, 0.25) is 5.02 Å². The van der Waals surface area contributed by atoms with Crippen molar-refractivity contribution < 1.29 is 4.79 Å². The lowest BCUT2D eigenvalue weighted by Gasteiger charge is -1.99. The molecule has 1 heterocycles. The zero-order valence-electron chi connectivity index (χ0n) is 11.4. The lowest BCUT2D eigenvalue weighted by atomic mass is 10.2. The van der Waals surface area contributed by atoms with Gasteiger partial charge in [-0.15, -0.1) is 11.3 Å². The Morgan fingerprint density at radius 3 is 3.00 bits per heavy atom. The van der Waals surface area contributed by atoms with Gasteiger partial charge in [0, 0.05) is 22.4 Å². The Balaban J connectivity index is 1.52. The van der Waals surface area contributed by atoms with E-state index in [4.69, 9.17) is 11.6 Å². The molecule has 5 heteroatoms. The second kappa shape index (κ2) is 6.41. The molecule has 0 atom stereocenters. The standard InChI is InChI=1S/C16H15ClN2OS/c17-14-4-2-1-3-11(14)7-8-15(20)18-9-13-10-21-16(19-13)12-5-6-12/h1-4,7-8,10,12H,5-6,9H2,(H,18,20)/b8-7+. The van der Waals surface area contributed by atoms with Crippen LogP contribution in [0.4, 0.5) is 0 Å². The molecular weight excluding hydrogens is 304 g/mol. The lowest BCUT2D eigenvalue weighted by molar-refractivity contribution is -0.116. The summed E-state index contributed by atoms with van der Waals surface area (Å²) in [6.45, 7) is 0.467. The number of nitrogens with zero attached hydrogens (tertiary/aromatic N) is 1. The molecule has 3 rings (SSSR count). The average Bonchev–Trinajstić information content (AvgIpc) is 3.23. The van der Waals surface area contributed by atoms with Gasteiger partial charge >= 0.3 is 0 Å². The monoisotopic (exact) mass is 318 g/mol. The number of amides is 1. The van der Waals surface area contributed by atoms with Crippen molar-refractivity contribution in [2.75, 3.05) is 0 Å². The number of halogens is 1. The van der Waals surface area contributed by atoms with E-state index in [0.29, 0.717) is 17.5 Å². The Bertz CT molecular complexity index is 676. The third kappa shape index (κ3) is 3.93. The van der Waals surface area contributed by atoms with Crippen LogP contribution in [0.15, 0.2) is 35.7 Å². The molecule has 1 aromatic carbocycles. The quantitative estimate of drug-likeness (QED) is 0.847. The molecule has 0 radical (unpaired) electrons. The van der Waals surface area contributed by atoms with Gasteiger partial charge in [-0.1, -0.05) is 29.8 Å². The number of hydrogen-bond acceptors (Lipinski definition) is 3. The Kier molecular flexibility index (Phi) is 4.36. The highest BCUT2D eigenvalue weighted by Gasteiger charge is 2.26. The van der Waals surface area contributed by atoms with Gasteiger partial charge in [0.05, 0.1) is 17.2 Å². The van der Waals surface area contributed by atoms with Crippen molar-refractivity contribution in [2.24, 2.45) is 0 Å². The number of rotatable bonds is 5. The minimum atomic E-state index is -0.143. The van der Waals surface area contributed by atoms with Crippen LogP contribution in [0.3, 0.4) is 0 Å². The smallest absolute Gasteiger partial charge is 0.244 e. The molecule has 1 amide bonds. The minimum Gasteiger partial charge on any atom is -0.347 e. The van der Waals surface area contributed by atoms with Crippen molar-refractivity contribution >= 4 is 34.9 Å². The van der Waals surface area contributed by atoms with E-state index < -0.39 is 0 Å². The second-order valence-electron chi connectivity index (χ2n) is 5.02. The zero-order valence-corrected chi connectivity index (χ0v) is 13.0. The SMILES string of the molecule is O=C(/C=C/c1ccccc1Cl)NCc1csc(C2CC2)n1. The van der Waals surface area contributed by atoms with Crippen molar-refractivity contribution in [2.45, 2.75) is 25.3 Å². The molecule has 108 valence electrons. The fourth-order valence-corrected chi connectivity index (χ4v) is 3.12. The molecule has 0 bridgehead atoms. The van der Waals surface area contributed by atoms with Gasteiger partial charge in [-0.3, -0.25) is 4.79 Å². The van der Waals surface area contributed by atoms with Gasteiger partial charge in [0.15, 0.2) is 0 Å². The first-order valence-electron chi connectivity index (χ1n) is 6.87. The fourth-order valence-electron chi connectivity index (χ4n) is 1.93. The Hall–Kier alpha value is -1.65. The number of carbonyl (C=O) groups is 1. The molecule has 0 saturated heterocycles. The predicted octanol–water partition coefficient (Wildman–Crippen LogP) is 4.00. The zero-order chi connectivity index (χ0) is 14.7. The molecule has 1 N–H and O–H groups in total. The van der Waals surface area contributed by atoms with Crippen LogP contribution in [0.5, 0.6) is 0 Å². The van der Waals surface area contributed by atoms with Crippen LogP contribution in [-0.4, -0.2) is 10.9 Å². The van der Waals surface area contributed by atoms with E-state index in [2.05, 4.69) is 10.3 Å². The van der Waals surface area contributed by atoms with Crippen LogP contribution in [0.1, 0.15) is 35.0 Å². The summed E-state index contributed by atoms with van der Waals surface area (Å²) in [6.07, 6.45) is 5.71. The first kappa shape index (κ1) is 14.3. The number of thiazole rings is 1. The van der Waals surface area contributed by atoms with Gasteiger partial charge in [0.2, 0.25) is 5.91 Å². The molecule has 1 saturated carbocycles. The van der Waals surface area contributed by atoms with Gasteiger partial charge in [0.25, 0.3) is 0 Å². The highest BCUT2D eigenvalue weighted by Crippen LogP contribution is 2.41. The van der Waals surface area contributed by atoms with Gasteiger partial charge in [0.1, 0.15) is 0 Å². The summed E-state index contributed by atoms with van der Waals surface area (Å²) in [7, 11) is 0. The number of hydrogen-bond donors (Lipinski definition) is 1. The summed E-state index contributed by atoms with van der Waals surface area (Å²) in [5, 5.41) is 6.69. The number of aromatic nitrogens is 1. The van der Waals surface area contributed by atoms with E-state index in [9.17, 15) is 4.79 Å². The summed E-state index contributed by atoms with van der Waals surface area (Å²) in [6, 6.07) is 7.42. The van der Waals surface area contributed by atoms with Gasteiger partial charge in [-0.05, 0) is 30.5 Å². The molecule has 2 aromatic rings. The molecular formula is C16H15ClN2OS. The fraction of sp³-hybridized carbons (Fsp3) is 0.250. The van der Waals surface area contributed by atoms with Crippen molar-refractivity contribution in [1.29, 1.82) is 0 Å². The molecule has 1 aliphatic carbocycles. The molecule has 1 aromatic heterocycles. The molecule has 21 heavy (non-hydrogen) atoms. The largest absolute Gasteiger partial charge is 0.347 e. The van der Waals surface area contributed by atoms with E-state index >= 15 is 0 Å². The summed E-state index contributed by atoms with van der Waals surface area (Å²) in [4.78, 5) is 16.3. The maximum atomic E-state index is 11.8. The summed E-state index contributed by atoms with van der Waals surface area (Å²) in [5.41, 5.74) is 1.76. The van der Waals surface area contributed by atoms with Gasteiger partial charge < -0.3 is 5.32 Å². The van der Waals surface area contributed by atoms with Crippen molar-refractivity contribution in [3.63, 3.8) is 0 Å². The number of nitrogens with one attached hydrogen (secondary N) is 1. The van der Waals surface area contributed by atoms with Crippen molar-refractivity contribution in [3.05, 3.63) is 57.0 Å². The maximum absolute atomic E-state index is 11.8. The molecule has 1 fully saturated rings. The Morgan fingerprint density at radius 2 is 2.24 bits per heavy atom. The van der Waals surface area contributed by atoms with E-state index in [1.54, 1.807) is 23.5 Å². The van der Waals surface area contributed by atoms with E-state index in [1.807, 2.05) is 23.6 Å². The summed E-state index contributed by atoms with van der Waals surface area (Å²) < 4.78 is 0. The van der Waals surface area contributed by atoms with Crippen molar-refractivity contribution in [3.8, 4) is 0 Å². The minimum absolute atomic E-state index is 0.143. The predicted molar refractivity (Wildman–Crippen MR) is 86.4 cm³/mol. The molecule has 0 spiro atoms. The molecule has 3 nitrogen and oxygen atoms in total. The van der Waals surface area contributed by atoms with Gasteiger partial charge in [-0.25, -0.2) is 4.98 Å². The maximum Gasteiger partial charge on any atom is 0.244 e. The van der Waals surface area contributed by atoms with E-state index in [-0.39, 0.29) is 5.91 Å². The highest BCUT2D eigenvalue weighted by molar-refractivity contribution is 7.09. The van der Waals surface area contributed by atoms with Crippen molar-refractivity contribution in [1.82, 2.24) is 10.3 Å². The van der Waals surface area contributed by atoms with Crippen LogP contribution in [-0.2, 0) is 11.3 Å². The average molecular weight is 319 g/mol. The van der Waals surface area contributed by atoms with Gasteiger partial charge in [-0.2, -0.15) is 0 Å². The number of benzene rings is 1. The third-order valence-electron chi connectivity index (χ3n) is 3.26. The highest BCUT2D eigenvalue weighted by atomic mass is 35.5. The van der Waals surface area contributed by atoms with Crippen LogP contribution in [0, 0.1) is 0 Å². The first-order chi connectivity index (χ1) is 10.2. The van der Waals surface area contributed by atoms with Crippen LogP contribution in [0.25, 0.3) is 6.08 Å². The molecule has 0 aliphatic heterocycles. The lowest BCUT2D eigenvalue weighted by Crippen LogP contribution is -2.20. The third-order valence-corrected chi connectivity index (χ3v) is 4.66. The van der Waals surface area contributed by atoms with Crippen LogP contribution < -0.4 is 5.32 Å². The van der Waals surface area contributed by atoms with E-state index in [1.165, 1.54) is 23.9 Å². The normalized spacial score (nSPS) is 14.5. The molecule has 0 unspecified atom stereocenters.